The van der Waals surface area contributed by atoms with Crippen molar-refractivity contribution >= 4 is 28.9 Å². The Kier molecular flexibility index (Phi) is 39.4. The third kappa shape index (κ3) is 39.8. The fourth-order valence-corrected chi connectivity index (χ4v) is 10.9. The summed E-state index contributed by atoms with van der Waals surface area (Å²) in [7, 11) is 0. The number of nitrogens with zero attached hydrogens (tertiary/aromatic N) is 4. The van der Waals surface area contributed by atoms with E-state index in [4.69, 9.17) is 34.3 Å². The van der Waals surface area contributed by atoms with E-state index in [0.29, 0.717) is 22.7 Å². The number of alkyl halides is 21. The van der Waals surface area contributed by atoms with Crippen LogP contribution >= 0.6 is 23.2 Å². The van der Waals surface area contributed by atoms with Gasteiger partial charge in [-0.05, 0) is 175 Å². The van der Waals surface area contributed by atoms with E-state index in [-0.39, 0.29) is 65.5 Å². The van der Waals surface area contributed by atoms with E-state index in [2.05, 4.69) is 117 Å². The molecule has 0 fully saturated rings. The molecule has 0 spiro atoms. The SMILES string of the molecule is CC(C)(C)c1cc(C(F)(F)F)cc(C(F)(F)F)c1.CC(C)(C)c1cc(C(F)(F)F)ccc1F.CC(C)(C)c1ccc(C(F)(F)F)cc1Cl.CC(C)(C)c1ccc(Cl)c(C(F)(F)F)c1.CC(C)(C)c1ccc(F)c(C(F)(F)F)c1.CC(C)(C)c1cccc(OC(F)(F)F)c1.CC(C)c1cc(C(C)(C)C)n[nH]1.Cc1cc(C(C)(C)C)no1.[C-]#[N+]c1cn[nH]c1C(C)(C)C. The van der Waals surface area contributed by atoms with E-state index in [1.54, 1.807) is 86.7 Å². The lowest BCUT2D eigenvalue weighted by atomic mass is 9.85. The molecule has 0 aliphatic rings. The number of halogens is 25. The van der Waals surface area contributed by atoms with Crippen molar-refractivity contribution in [1.82, 2.24) is 25.6 Å². The third-order valence-electron chi connectivity index (χ3n) is 17.7. The largest absolute Gasteiger partial charge is 0.573 e. The minimum absolute atomic E-state index is 0.00431. The lowest BCUT2D eigenvalue weighted by Crippen LogP contribution is -2.18. The standard InChI is InChI=1S/C12H12F6.2C11H12ClF3.2C11H12F4.C11H13F3O.C10H18N2.C8H11N3.C8H13NO/c1-10(2,3)7-4-8(11(13,14)15)6-9(5-7)12(16,17)18;1-10(2,3)7-4-5-9(12)8(6-7)11(13,14)15;1-10(2,3)8-5-4-7(6-9(8)12)11(13,14)15;1-10(2,3)8-6-7(11(13,14)15)4-5-9(8)12;1-10(2,3)7-4-5-9(12)8(6-7)11(13,14)15;1-10(2,3)8-5-4-6-9(7-8)15-11(12,13)14;1-7(2)8-6-9(12-11-8)10(3,4)5;1-8(2,3)7-6(9-4)5-10-11-7;1-6-5-7(9-10-6)8(2,3)4/h4-6H,1-3H3;4*4-6H,1-3H3;4-7H,1-3H3;6-7H,1-5H3,(H,11,12);5H,1-3H3,(H,10,11);5H,1-4H3. The first-order valence-electron chi connectivity index (χ1n) is 39.0. The van der Waals surface area contributed by atoms with Gasteiger partial charge in [0.05, 0.1) is 62.6 Å². The Morgan fingerprint density at radius 2 is 0.738 bits per heavy atom. The first kappa shape index (κ1) is 115. The number of aryl methyl sites for hydroxylation is 1. The minimum atomic E-state index is -4.79. The highest BCUT2D eigenvalue weighted by molar-refractivity contribution is 6.31. The molecule has 3 heterocycles. The number of nitrogens with one attached hydrogen (secondary N) is 2. The van der Waals surface area contributed by atoms with Gasteiger partial charge in [-0.15, -0.1) is 13.2 Å². The van der Waals surface area contributed by atoms with Crippen LogP contribution < -0.4 is 4.74 Å². The lowest BCUT2D eigenvalue weighted by Gasteiger charge is -2.22. The monoisotopic (exact) mass is 1850 g/mol. The zero-order valence-electron chi connectivity index (χ0n) is 76.3. The van der Waals surface area contributed by atoms with E-state index in [0.717, 1.165) is 94.6 Å². The van der Waals surface area contributed by atoms with Gasteiger partial charge in [-0.2, -0.15) is 89.2 Å². The molecule has 0 atom stereocenters. The molecule has 0 aliphatic carbocycles. The number of benzene rings is 6. The summed E-state index contributed by atoms with van der Waals surface area (Å²) in [6.07, 6.45) is -30.4. The first-order chi connectivity index (χ1) is 55.9. The Morgan fingerprint density at radius 3 is 1.06 bits per heavy atom. The number of hydrogen-bond donors (Lipinski definition) is 2. The van der Waals surface area contributed by atoms with Crippen LogP contribution in [0.5, 0.6) is 5.75 Å². The van der Waals surface area contributed by atoms with Gasteiger partial charge in [0.2, 0.25) is 5.69 Å². The summed E-state index contributed by atoms with van der Waals surface area (Å²) in [5, 5.41) is 17.8. The second-order valence-electron chi connectivity index (χ2n) is 38.8. The molecule has 126 heavy (non-hydrogen) atoms. The predicted octanol–water partition coefficient (Wildman–Crippen LogP) is 33.9. The topological polar surface area (TPSA) is 97.0 Å². The van der Waals surface area contributed by atoms with E-state index >= 15 is 0 Å². The number of aromatic nitrogens is 5. The Hall–Kier alpha value is -8.79. The second-order valence-corrected chi connectivity index (χ2v) is 39.6. The molecule has 0 radical (unpaired) electrons. The van der Waals surface area contributed by atoms with Gasteiger partial charge < -0.3 is 9.26 Å². The van der Waals surface area contributed by atoms with Crippen LogP contribution in [0.25, 0.3) is 4.85 Å². The van der Waals surface area contributed by atoms with Gasteiger partial charge >= 0.3 is 43.4 Å². The maximum absolute atomic E-state index is 13.3. The summed E-state index contributed by atoms with van der Waals surface area (Å²) < 4.78 is 295. The van der Waals surface area contributed by atoms with Crippen molar-refractivity contribution < 1.29 is 110 Å². The Labute approximate surface area is 734 Å². The molecule has 0 saturated carbocycles. The number of hydrogen-bond acceptors (Lipinski definition) is 5. The fourth-order valence-electron chi connectivity index (χ4n) is 10.2. The highest BCUT2D eigenvalue weighted by atomic mass is 35.5. The Morgan fingerprint density at radius 1 is 0.357 bits per heavy atom. The quantitative estimate of drug-likeness (QED) is 0.133. The first-order valence-corrected chi connectivity index (χ1v) is 39.8. The van der Waals surface area contributed by atoms with Crippen LogP contribution in [0.2, 0.25) is 10.0 Å². The van der Waals surface area contributed by atoms with Gasteiger partial charge in [0, 0.05) is 33.3 Å². The van der Waals surface area contributed by atoms with Crippen LogP contribution in [0.15, 0.2) is 138 Å². The smallest absolute Gasteiger partial charge is 0.406 e. The maximum Gasteiger partial charge on any atom is 0.573 e. The van der Waals surface area contributed by atoms with E-state index in [1.807, 2.05) is 75.3 Å². The van der Waals surface area contributed by atoms with Crippen molar-refractivity contribution in [2.75, 3.05) is 0 Å². The molecule has 6 aromatic carbocycles. The molecule has 0 saturated heterocycles. The maximum atomic E-state index is 13.3. The van der Waals surface area contributed by atoms with Gasteiger partial charge in [-0.3, -0.25) is 10.2 Å². The Bertz CT molecular complexity index is 4690. The van der Waals surface area contributed by atoms with Crippen molar-refractivity contribution in [2.45, 2.75) is 306 Å². The van der Waals surface area contributed by atoms with Crippen molar-refractivity contribution in [3.63, 3.8) is 0 Å². The zero-order chi connectivity index (χ0) is 99.1. The highest BCUT2D eigenvalue weighted by Gasteiger charge is 2.41. The average Bonchev–Trinajstić information content (AvgIpc) is 1.41. The van der Waals surface area contributed by atoms with Crippen LogP contribution in [0.4, 0.5) is 107 Å². The van der Waals surface area contributed by atoms with Crippen molar-refractivity contribution in [3.8, 4) is 5.75 Å². The van der Waals surface area contributed by atoms with Crippen LogP contribution in [0.1, 0.15) is 302 Å². The fraction of sp³-hybridized carbons (Fsp3) is 0.505. The van der Waals surface area contributed by atoms with E-state index < -0.39 is 105 Å². The summed E-state index contributed by atoms with van der Waals surface area (Å²) in [5.74, 6) is -0.584. The molecule has 0 unspecified atom stereocenters. The van der Waals surface area contributed by atoms with E-state index in [9.17, 15) is 101 Å². The molecule has 0 aliphatic heterocycles. The molecule has 8 nitrogen and oxygen atoms in total. The molecule has 9 aromatic rings. The molecule has 0 amide bonds. The number of H-pyrrole nitrogens is 2. The molecule has 704 valence electrons. The van der Waals surface area contributed by atoms with Crippen molar-refractivity contribution in [1.29, 1.82) is 0 Å². The zero-order valence-corrected chi connectivity index (χ0v) is 77.8. The van der Waals surface area contributed by atoms with Crippen molar-refractivity contribution in [2.24, 2.45) is 0 Å². The van der Waals surface area contributed by atoms with Gasteiger partial charge in [0.15, 0.2) is 0 Å². The van der Waals surface area contributed by atoms with Crippen LogP contribution in [-0.4, -0.2) is 31.9 Å². The third-order valence-corrected chi connectivity index (χ3v) is 18.4. The van der Waals surface area contributed by atoms with E-state index in [1.165, 1.54) is 36.0 Å². The molecular formula is C93H115Cl2F23N6O2. The van der Waals surface area contributed by atoms with Gasteiger partial charge in [0.1, 0.15) is 23.1 Å². The second kappa shape index (κ2) is 43.1. The van der Waals surface area contributed by atoms with Crippen molar-refractivity contribution in [3.05, 3.63) is 262 Å². The van der Waals surface area contributed by atoms with Gasteiger partial charge in [-0.25, -0.2) is 13.6 Å². The minimum Gasteiger partial charge on any atom is -0.406 e. The number of ether oxygens (including phenoxy) is 1. The lowest BCUT2D eigenvalue weighted by molar-refractivity contribution is -0.274. The molecule has 0 bridgehead atoms. The molecule has 33 heteroatoms. The normalized spacial score (nSPS) is 12.8. The molecule has 3 aromatic heterocycles. The van der Waals surface area contributed by atoms with Crippen LogP contribution in [-0.2, 0) is 85.8 Å². The predicted molar refractivity (Wildman–Crippen MR) is 452 cm³/mol. The summed E-state index contributed by atoms with van der Waals surface area (Å²) in [6.45, 7) is 64.2. The molecule has 2 N–H and O–H groups in total. The van der Waals surface area contributed by atoms with Crippen LogP contribution in [0, 0.1) is 25.1 Å². The average molecular weight is 1860 g/mol. The summed E-state index contributed by atoms with van der Waals surface area (Å²) in [6, 6.07) is 24.9. The Balaban J connectivity index is 0.000000712. The molecule has 9 rings (SSSR count). The number of aromatic amines is 2. The van der Waals surface area contributed by atoms with Gasteiger partial charge in [-0.1, -0.05) is 259 Å². The summed E-state index contributed by atoms with van der Waals surface area (Å²) >= 11 is 11.3. The number of rotatable bonds is 2. The van der Waals surface area contributed by atoms with Crippen LogP contribution in [0.3, 0.4) is 0 Å². The molecular weight excluding hydrogens is 1740 g/mol. The van der Waals surface area contributed by atoms with Gasteiger partial charge in [0.25, 0.3) is 0 Å². The summed E-state index contributed by atoms with van der Waals surface area (Å²) in [5.41, 5.74) is -0.764. The highest BCUT2D eigenvalue weighted by Crippen LogP contribution is 2.43. The summed E-state index contributed by atoms with van der Waals surface area (Å²) in [4.78, 5) is 3.35.